The van der Waals surface area contributed by atoms with Crippen LogP contribution in [0, 0.1) is 0 Å². The van der Waals surface area contributed by atoms with E-state index in [1.807, 2.05) is 0 Å². The molecule has 2 N–H and O–H groups in total. The molecule has 1 heterocycles. The molecule has 0 radical (unpaired) electrons. The van der Waals surface area contributed by atoms with Gasteiger partial charge in [0.15, 0.2) is 0 Å². The molecule has 1 fully saturated rings. The summed E-state index contributed by atoms with van der Waals surface area (Å²) in [4.78, 5) is 34.1. The molecule has 0 saturated carbocycles. The van der Waals surface area contributed by atoms with Crippen LogP contribution in [-0.2, 0) is 9.59 Å². The Bertz CT molecular complexity index is 287. The lowest BCUT2D eigenvalue weighted by Crippen LogP contribution is -2.40. The van der Waals surface area contributed by atoms with Crippen LogP contribution in [0.3, 0.4) is 0 Å². The summed E-state index contributed by atoms with van der Waals surface area (Å²) in [5.41, 5.74) is 4.89. The highest BCUT2D eigenvalue weighted by Crippen LogP contribution is 2.36. The van der Waals surface area contributed by atoms with Crippen LogP contribution in [0.1, 0.15) is 13.8 Å². The minimum Gasteiger partial charge on any atom is -0.368 e. The van der Waals surface area contributed by atoms with E-state index in [2.05, 4.69) is 0 Å². The molecule has 1 aliphatic heterocycles. The molecule has 1 aliphatic rings. The predicted octanol–water partition coefficient (Wildman–Crippen LogP) is -0.0543. The second kappa shape index (κ2) is 3.02. The molecule has 0 spiro atoms. The summed E-state index contributed by atoms with van der Waals surface area (Å²) in [7, 11) is 0. The first-order valence-corrected chi connectivity index (χ1v) is 4.49. The van der Waals surface area contributed by atoms with E-state index in [0.717, 1.165) is 16.7 Å². The number of carbonyl (C=O) groups is 3. The number of thioether (sulfide) groups is 1. The van der Waals surface area contributed by atoms with Crippen molar-refractivity contribution in [2.24, 2.45) is 5.73 Å². The van der Waals surface area contributed by atoms with E-state index in [-0.39, 0.29) is 12.5 Å². The third-order valence-corrected chi connectivity index (χ3v) is 2.72. The first-order chi connectivity index (χ1) is 5.84. The Morgan fingerprint density at radius 1 is 1.54 bits per heavy atom. The molecular weight excluding hydrogens is 192 g/mol. The minimum absolute atomic E-state index is 0.325. The second-order valence-electron chi connectivity index (χ2n) is 3.24. The SMILES string of the molecule is CC1(C)SC(=O)N(CC(N)=O)C1=O. The fourth-order valence-electron chi connectivity index (χ4n) is 1.02. The van der Waals surface area contributed by atoms with Crippen LogP contribution in [0.25, 0.3) is 0 Å². The van der Waals surface area contributed by atoms with Crippen molar-refractivity contribution >= 4 is 28.8 Å². The molecule has 0 aromatic carbocycles. The van der Waals surface area contributed by atoms with E-state index >= 15 is 0 Å². The Labute approximate surface area is 79.6 Å². The topological polar surface area (TPSA) is 80.5 Å². The summed E-state index contributed by atoms with van der Waals surface area (Å²) in [5, 5.41) is -0.409. The molecule has 0 atom stereocenters. The van der Waals surface area contributed by atoms with Crippen LogP contribution in [0.15, 0.2) is 0 Å². The van der Waals surface area contributed by atoms with Gasteiger partial charge in [0.1, 0.15) is 6.54 Å². The van der Waals surface area contributed by atoms with Crippen molar-refractivity contribution < 1.29 is 14.4 Å². The van der Waals surface area contributed by atoms with Crippen molar-refractivity contribution in [3.05, 3.63) is 0 Å². The predicted molar refractivity (Wildman–Crippen MR) is 48.0 cm³/mol. The summed E-state index contributed by atoms with van der Waals surface area (Å²) in [6.45, 7) is 2.95. The largest absolute Gasteiger partial charge is 0.368 e. The number of hydrogen-bond donors (Lipinski definition) is 1. The fraction of sp³-hybridized carbons (Fsp3) is 0.571. The van der Waals surface area contributed by atoms with Crippen LogP contribution < -0.4 is 5.73 Å². The maximum Gasteiger partial charge on any atom is 0.289 e. The summed E-state index contributed by atoms with van der Waals surface area (Å²) in [6, 6.07) is 0. The Morgan fingerprint density at radius 3 is 2.38 bits per heavy atom. The molecule has 0 aromatic heterocycles. The van der Waals surface area contributed by atoms with Crippen LogP contribution in [0.5, 0.6) is 0 Å². The zero-order valence-corrected chi connectivity index (χ0v) is 8.18. The van der Waals surface area contributed by atoms with Crippen LogP contribution in [-0.4, -0.2) is 33.2 Å². The third kappa shape index (κ3) is 1.82. The van der Waals surface area contributed by atoms with Crippen molar-refractivity contribution in [1.82, 2.24) is 4.90 Å². The lowest BCUT2D eigenvalue weighted by molar-refractivity contribution is -0.132. The van der Waals surface area contributed by atoms with Gasteiger partial charge in [0, 0.05) is 0 Å². The summed E-state index contributed by atoms with van der Waals surface area (Å²) in [6.07, 6.45) is 0. The lowest BCUT2D eigenvalue weighted by atomic mass is 10.2. The van der Waals surface area contributed by atoms with Gasteiger partial charge in [-0.3, -0.25) is 19.3 Å². The van der Waals surface area contributed by atoms with E-state index in [9.17, 15) is 14.4 Å². The van der Waals surface area contributed by atoms with E-state index in [0.29, 0.717) is 0 Å². The van der Waals surface area contributed by atoms with Gasteiger partial charge in [-0.1, -0.05) is 0 Å². The van der Waals surface area contributed by atoms with Gasteiger partial charge in [-0.2, -0.15) is 0 Å². The normalized spacial score (nSPS) is 20.9. The maximum atomic E-state index is 11.4. The average Bonchev–Trinajstić information content (AvgIpc) is 2.12. The fourth-order valence-corrected chi connectivity index (χ4v) is 1.91. The monoisotopic (exact) mass is 202 g/mol. The van der Waals surface area contributed by atoms with Crippen molar-refractivity contribution in [2.45, 2.75) is 18.6 Å². The van der Waals surface area contributed by atoms with Gasteiger partial charge in [0.25, 0.3) is 5.24 Å². The zero-order chi connectivity index (χ0) is 10.2. The maximum absolute atomic E-state index is 11.4. The number of carbonyl (C=O) groups excluding carboxylic acids is 3. The highest BCUT2D eigenvalue weighted by molar-refractivity contribution is 8.16. The number of imide groups is 1. The molecule has 0 unspecified atom stereocenters. The van der Waals surface area contributed by atoms with Gasteiger partial charge in [-0.05, 0) is 25.6 Å². The quantitative estimate of drug-likeness (QED) is 0.680. The highest BCUT2D eigenvalue weighted by Gasteiger charge is 2.46. The molecular formula is C7H10N2O3S. The number of primary amides is 1. The second-order valence-corrected chi connectivity index (χ2v) is 4.81. The molecule has 0 aromatic rings. The zero-order valence-electron chi connectivity index (χ0n) is 7.36. The molecule has 6 heteroatoms. The molecule has 1 saturated heterocycles. The summed E-state index contributed by atoms with van der Waals surface area (Å²) >= 11 is 0.911. The Morgan fingerprint density at radius 2 is 2.08 bits per heavy atom. The van der Waals surface area contributed by atoms with E-state index in [4.69, 9.17) is 5.73 Å². The van der Waals surface area contributed by atoms with Crippen LogP contribution in [0.4, 0.5) is 4.79 Å². The highest BCUT2D eigenvalue weighted by atomic mass is 32.2. The molecule has 0 bridgehead atoms. The number of hydrogen-bond acceptors (Lipinski definition) is 4. The van der Waals surface area contributed by atoms with Crippen molar-refractivity contribution in [3.8, 4) is 0 Å². The third-order valence-electron chi connectivity index (χ3n) is 1.64. The standard InChI is InChI=1S/C7H10N2O3S/c1-7(2)5(11)9(3-4(8)10)6(12)13-7/h3H2,1-2H3,(H2,8,10). The van der Waals surface area contributed by atoms with Crippen LogP contribution >= 0.6 is 11.8 Å². The minimum atomic E-state index is -0.771. The smallest absolute Gasteiger partial charge is 0.289 e. The van der Waals surface area contributed by atoms with E-state index in [1.54, 1.807) is 13.8 Å². The molecule has 1 rings (SSSR count). The Balaban J connectivity index is 2.83. The van der Waals surface area contributed by atoms with Crippen molar-refractivity contribution in [1.29, 1.82) is 0 Å². The molecule has 72 valence electrons. The summed E-state index contributed by atoms with van der Waals surface area (Å²) in [5.74, 6) is -1.04. The van der Waals surface area contributed by atoms with Gasteiger partial charge in [-0.15, -0.1) is 0 Å². The lowest BCUT2D eigenvalue weighted by Gasteiger charge is -2.14. The van der Waals surface area contributed by atoms with Crippen molar-refractivity contribution in [2.75, 3.05) is 6.54 Å². The van der Waals surface area contributed by atoms with Gasteiger partial charge in [-0.25, -0.2) is 0 Å². The molecule has 0 aliphatic carbocycles. The Hall–Kier alpha value is -1.04. The molecule has 13 heavy (non-hydrogen) atoms. The van der Waals surface area contributed by atoms with Gasteiger partial charge >= 0.3 is 0 Å². The van der Waals surface area contributed by atoms with Gasteiger partial charge in [0.05, 0.1) is 4.75 Å². The van der Waals surface area contributed by atoms with E-state index in [1.165, 1.54) is 0 Å². The van der Waals surface area contributed by atoms with Crippen LogP contribution in [0.2, 0.25) is 0 Å². The Kier molecular flexibility index (Phi) is 2.34. The number of nitrogens with two attached hydrogens (primary N) is 1. The number of nitrogens with zero attached hydrogens (tertiary/aromatic N) is 1. The first-order valence-electron chi connectivity index (χ1n) is 3.68. The molecule has 3 amide bonds. The van der Waals surface area contributed by atoms with Gasteiger partial charge < -0.3 is 5.73 Å². The number of rotatable bonds is 2. The average molecular weight is 202 g/mol. The van der Waals surface area contributed by atoms with Gasteiger partial charge in [0.2, 0.25) is 11.8 Å². The van der Waals surface area contributed by atoms with Crippen molar-refractivity contribution in [3.63, 3.8) is 0 Å². The first kappa shape index (κ1) is 10.0. The van der Waals surface area contributed by atoms with E-state index < -0.39 is 15.9 Å². The molecule has 5 nitrogen and oxygen atoms in total. The summed E-state index contributed by atoms with van der Waals surface area (Å²) < 4.78 is -0.771. The number of amides is 3.